The molecule has 0 fully saturated rings. The minimum Gasteiger partial charge on any atom is -0.466 e. The average molecular weight is 171 g/mol. The van der Waals surface area contributed by atoms with Crippen molar-refractivity contribution in [3.8, 4) is 0 Å². The quantitative estimate of drug-likeness (QED) is 0.377. The molecular formula is C8H13NO3. The summed E-state index contributed by atoms with van der Waals surface area (Å²) >= 11 is 0. The minimum absolute atomic E-state index is 0.292. The number of nitrogens with two attached hydrogens (primary N) is 1. The molecule has 0 aliphatic rings. The van der Waals surface area contributed by atoms with Gasteiger partial charge in [-0.1, -0.05) is 6.08 Å². The summed E-state index contributed by atoms with van der Waals surface area (Å²) in [6, 6.07) is 0. The lowest BCUT2D eigenvalue weighted by Gasteiger charge is -1.97. The molecule has 1 amide bonds. The lowest BCUT2D eigenvalue weighted by Crippen LogP contribution is -2.11. The zero-order valence-electron chi connectivity index (χ0n) is 7.29. The Morgan fingerprint density at radius 1 is 1.42 bits per heavy atom. The van der Waals surface area contributed by atoms with Crippen LogP contribution in [-0.4, -0.2) is 18.5 Å². The van der Waals surface area contributed by atoms with Crippen molar-refractivity contribution in [2.75, 3.05) is 6.61 Å². The first-order chi connectivity index (χ1) is 5.54. The van der Waals surface area contributed by atoms with E-state index in [9.17, 15) is 9.59 Å². The van der Waals surface area contributed by atoms with E-state index < -0.39 is 5.91 Å². The number of primary amides is 1. The Hall–Kier alpha value is -1.32. The van der Waals surface area contributed by atoms with Crippen molar-refractivity contribution in [2.45, 2.75) is 20.3 Å². The Morgan fingerprint density at radius 3 is 2.42 bits per heavy atom. The van der Waals surface area contributed by atoms with E-state index in [-0.39, 0.29) is 5.97 Å². The third-order valence-electron chi connectivity index (χ3n) is 1.26. The third-order valence-corrected chi connectivity index (χ3v) is 1.26. The molecule has 0 atom stereocenters. The molecule has 4 heteroatoms. The third kappa shape index (κ3) is 5.46. The van der Waals surface area contributed by atoms with Crippen LogP contribution in [0.3, 0.4) is 0 Å². The number of carbonyl (C=O) groups excluding carboxylic acids is 2. The van der Waals surface area contributed by atoms with E-state index in [4.69, 9.17) is 5.73 Å². The first-order valence-electron chi connectivity index (χ1n) is 3.64. The molecule has 68 valence electrons. The lowest BCUT2D eigenvalue weighted by atomic mass is 10.2. The normalized spacial score (nSPS) is 11.0. The number of carbonyl (C=O) groups is 2. The van der Waals surface area contributed by atoms with Gasteiger partial charge in [0.1, 0.15) is 0 Å². The van der Waals surface area contributed by atoms with Crippen LogP contribution in [0.15, 0.2) is 11.6 Å². The zero-order chi connectivity index (χ0) is 9.56. The molecule has 0 heterocycles. The summed E-state index contributed by atoms with van der Waals surface area (Å²) in [7, 11) is 0. The molecule has 0 radical (unpaired) electrons. The van der Waals surface area contributed by atoms with E-state index in [0.29, 0.717) is 18.6 Å². The predicted molar refractivity (Wildman–Crippen MR) is 44.2 cm³/mol. The molecule has 0 aromatic rings. The number of amides is 1. The van der Waals surface area contributed by atoms with Gasteiger partial charge in [-0.15, -0.1) is 0 Å². The highest BCUT2D eigenvalue weighted by atomic mass is 16.5. The fourth-order valence-electron chi connectivity index (χ4n) is 0.579. The molecule has 0 aromatic carbocycles. The van der Waals surface area contributed by atoms with Crippen LogP contribution >= 0.6 is 0 Å². The molecular weight excluding hydrogens is 158 g/mol. The van der Waals surface area contributed by atoms with Crippen LogP contribution < -0.4 is 5.73 Å². The molecule has 0 saturated carbocycles. The van der Waals surface area contributed by atoms with Gasteiger partial charge in [0.25, 0.3) is 0 Å². The highest BCUT2D eigenvalue weighted by Gasteiger charge is 1.96. The fraction of sp³-hybridized carbons (Fsp3) is 0.500. The van der Waals surface area contributed by atoms with Gasteiger partial charge in [-0.2, -0.15) is 0 Å². The standard InChI is InChI=1S/C8H13NO3/c1-6(8(9)11)4-3-5-12-7(2)10/h4H,3,5H2,1-2H3,(H2,9,11)/b6-4+. The molecule has 0 aromatic heterocycles. The van der Waals surface area contributed by atoms with Crippen molar-refractivity contribution < 1.29 is 14.3 Å². The van der Waals surface area contributed by atoms with E-state index in [1.165, 1.54) is 6.92 Å². The molecule has 12 heavy (non-hydrogen) atoms. The smallest absolute Gasteiger partial charge is 0.302 e. The molecule has 0 aliphatic heterocycles. The van der Waals surface area contributed by atoms with Crippen molar-refractivity contribution >= 4 is 11.9 Å². The largest absolute Gasteiger partial charge is 0.466 e. The summed E-state index contributed by atoms with van der Waals surface area (Å²) < 4.78 is 4.64. The molecule has 0 saturated heterocycles. The zero-order valence-corrected chi connectivity index (χ0v) is 7.29. The van der Waals surface area contributed by atoms with Gasteiger partial charge in [0.05, 0.1) is 6.61 Å². The monoisotopic (exact) mass is 171 g/mol. The summed E-state index contributed by atoms with van der Waals surface area (Å²) in [4.78, 5) is 20.8. The molecule has 2 N–H and O–H groups in total. The van der Waals surface area contributed by atoms with Crippen LogP contribution in [0.5, 0.6) is 0 Å². The molecule has 0 unspecified atom stereocenters. The molecule has 0 aliphatic carbocycles. The number of hydrogen-bond acceptors (Lipinski definition) is 3. The second kappa shape index (κ2) is 5.35. The summed E-state index contributed by atoms with van der Waals surface area (Å²) in [6.07, 6.45) is 2.17. The maximum Gasteiger partial charge on any atom is 0.302 e. The molecule has 4 nitrogen and oxygen atoms in total. The van der Waals surface area contributed by atoms with Crippen molar-refractivity contribution in [2.24, 2.45) is 5.73 Å². The molecule has 0 spiro atoms. The SMILES string of the molecule is CC(=O)OCC/C=C(\C)C(N)=O. The van der Waals surface area contributed by atoms with Gasteiger partial charge in [0.2, 0.25) is 5.91 Å². The first-order valence-corrected chi connectivity index (χ1v) is 3.64. The summed E-state index contributed by atoms with van der Waals surface area (Å²) in [6.45, 7) is 3.25. The van der Waals surface area contributed by atoms with E-state index in [2.05, 4.69) is 4.74 Å². The van der Waals surface area contributed by atoms with Gasteiger partial charge in [-0.3, -0.25) is 9.59 Å². The number of hydrogen-bond donors (Lipinski definition) is 1. The highest BCUT2D eigenvalue weighted by Crippen LogP contribution is 1.94. The van der Waals surface area contributed by atoms with Crippen LogP contribution in [0, 0.1) is 0 Å². The lowest BCUT2D eigenvalue weighted by molar-refractivity contribution is -0.140. The number of ether oxygens (including phenoxy) is 1. The predicted octanol–water partition coefficient (Wildman–Crippen LogP) is 0.371. The van der Waals surface area contributed by atoms with E-state index >= 15 is 0 Å². The first kappa shape index (κ1) is 10.7. The highest BCUT2D eigenvalue weighted by molar-refractivity contribution is 5.91. The van der Waals surface area contributed by atoms with Crippen LogP contribution in [0.4, 0.5) is 0 Å². The van der Waals surface area contributed by atoms with Crippen LogP contribution in [0.25, 0.3) is 0 Å². The van der Waals surface area contributed by atoms with Crippen LogP contribution in [-0.2, 0) is 14.3 Å². The Bertz CT molecular complexity index is 208. The fourth-order valence-corrected chi connectivity index (χ4v) is 0.579. The Morgan fingerprint density at radius 2 is 2.00 bits per heavy atom. The maximum absolute atomic E-state index is 10.5. The Labute approximate surface area is 71.4 Å². The Balaban J connectivity index is 3.60. The maximum atomic E-state index is 10.5. The van der Waals surface area contributed by atoms with E-state index in [0.717, 1.165) is 0 Å². The van der Waals surface area contributed by atoms with Gasteiger partial charge < -0.3 is 10.5 Å². The van der Waals surface area contributed by atoms with Crippen LogP contribution in [0.1, 0.15) is 20.3 Å². The van der Waals surface area contributed by atoms with Crippen molar-refractivity contribution in [1.82, 2.24) is 0 Å². The van der Waals surface area contributed by atoms with Gasteiger partial charge in [0, 0.05) is 18.9 Å². The van der Waals surface area contributed by atoms with Gasteiger partial charge in [0.15, 0.2) is 0 Å². The second-order valence-corrected chi connectivity index (χ2v) is 2.38. The van der Waals surface area contributed by atoms with E-state index in [1.807, 2.05) is 0 Å². The van der Waals surface area contributed by atoms with Crippen molar-refractivity contribution in [3.63, 3.8) is 0 Å². The Kier molecular flexibility index (Phi) is 4.76. The topological polar surface area (TPSA) is 69.4 Å². The summed E-state index contributed by atoms with van der Waals surface area (Å²) in [5.41, 5.74) is 5.45. The average Bonchev–Trinajstić information content (AvgIpc) is 1.97. The van der Waals surface area contributed by atoms with Gasteiger partial charge in [-0.25, -0.2) is 0 Å². The minimum atomic E-state index is -0.446. The van der Waals surface area contributed by atoms with Crippen molar-refractivity contribution in [3.05, 3.63) is 11.6 Å². The van der Waals surface area contributed by atoms with Gasteiger partial charge >= 0.3 is 5.97 Å². The van der Waals surface area contributed by atoms with Crippen molar-refractivity contribution in [1.29, 1.82) is 0 Å². The van der Waals surface area contributed by atoms with Crippen LogP contribution in [0.2, 0.25) is 0 Å². The summed E-state index contributed by atoms with van der Waals surface area (Å²) in [5, 5.41) is 0. The molecule has 0 rings (SSSR count). The van der Waals surface area contributed by atoms with Gasteiger partial charge in [-0.05, 0) is 6.92 Å². The number of esters is 1. The summed E-state index contributed by atoms with van der Waals surface area (Å²) in [5.74, 6) is -0.766. The second-order valence-electron chi connectivity index (χ2n) is 2.38. The van der Waals surface area contributed by atoms with E-state index in [1.54, 1.807) is 13.0 Å². The molecule has 0 bridgehead atoms. The number of rotatable bonds is 4.